The molecule has 3 nitrogen and oxygen atoms in total. The molecule has 3 heteroatoms. The lowest BCUT2D eigenvalue weighted by molar-refractivity contribution is 0.163. The van der Waals surface area contributed by atoms with E-state index < -0.39 is 5.54 Å². The van der Waals surface area contributed by atoms with Crippen molar-refractivity contribution in [1.29, 1.82) is 5.26 Å². The summed E-state index contributed by atoms with van der Waals surface area (Å²) in [5.74, 6) is 0.654. The Bertz CT molecular complexity index is 207. The van der Waals surface area contributed by atoms with E-state index in [4.69, 9.17) is 11.0 Å². The number of hydrogen-bond acceptors (Lipinski definition) is 3. The van der Waals surface area contributed by atoms with Gasteiger partial charge in [-0.1, -0.05) is 13.8 Å². The molecule has 1 fully saturated rings. The minimum absolute atomic E-state index is 0.590. The van der Waals surface area contributed by atoms with Gasteiger partial charge in [-0.3, -0.25) is 0 Å². The van der Waals surface area contributed by atoms with E-state index in [-0.39, 0.29) is 0 Å². The quantitative estimate of drug-likeness (QED) is 0.690. The van der Waals surface area contributed by atoms with Gasteiger partial charge in [0.15, 0.2) is 0 Å². The maximum atomic E-state index is 8.90. The zero-order valence-electron chi connectivity index (χ0n) is 8.58. The predicted molar refractivity (Wildman–Crippen MR) is 53.0 cm³/mol. The van der Waals surface area contributed by atoms with Crippen molar-refractivity contribution in [1.82, 2.24) is 4.90 Å². The molecule has 0 aromatic heterocycles. The third-order valence-corrected chi connectivity index (χ3v) is 2.45. The minimum Gasteiger partial charge on any atom is -0.312 e. The van der Waals surface area contributed by atoms with Crippen LogP contribution in [0.3, 0.4) is 0 Å². The first-order chi connectivity index (χ1) is 6.06. The molecular formula is C10H19N3. The Morgan fingerprint density at radius 2 is 2.31 bits per heavy atom. The number of rotatable bonds is 2. The summed E-state index contributed by atoms with van der Waals surface area (Å²) in [4.78, 5) is 2.30. The van der Waals surface area contributed by atoms with Crippen molar-refractivity contribution in [3.63, 3.8) is 0 Å². The van der Waals surface area contributed by atoms with Gasteiger partial charge in [-0.2, -0.15) is 5.26 Å². The van der Waals surface area contributed by atoms with Crippen LogP contribution in [0.4, 0.5) is 0 Å². The van der Waals surface area contributed by atoms with E-state index in [0.717, 1.165) is 32.5 Å². The van der Waals surface area contributed by atoms with Gasteiger partial charge in [0.25, 0.3) is 0 Å². The topological polar surface area (TPSA) is 53.0 Å². The van der Waals surface area contributed by atoms with Gasteiger partial charge >= 0.3 is 0 Å². The molecule has 0 saturated carbocycles. The predicted octanol–water partition coefficient (Wildman–Crippen LogP) is 0.959. The molecule has 1 heterocycles. The van der Waals surface area contributed by atoms with E-state index in [1.807, 2.05) is 0 Å². The molecule has 1 saturated heterocycles. The fourth-order valence-corrected chi connectivity index (χ4v) is 1.94. The Morgan fingerprint density at radius 1 is 1.62 bits per heavy atom. The zero-order chi connectivity index (χ0) is 9.90. The van der Waals surface area contributed by atoms with Gasteiger partial charge in [-0.05, 0) is 25.3 Å². The highest BCUT2D eigenvalue weighted by atomic mass is 15.2. The smallest absolute Gasteiger partial charge is 0.117 e. The average Bonchev–Trinajstić information content (AvgIpc) is 2.03. The van der Waals surface area contributed by atoms with Crippen LogP contribution < -0.4 is 5.73 Å². The molecule has 1 aliphatic rings. The van der Waals surface area contributed by atoms with Crippen LogP contribution in [0.5, 0.6) is 0 Å². The van der Waals surface area contributed by atoms with Gasteiger partial charge in [-0.25, -0.2) is 0 Å². The number of nitriles is 1. The molecule has 74 valence electrons. The van der Waals surface area contributed by atoms with Crippen LogP contribution in [0.2, 0.25) is 0 Å². The van der Waals surface area contributed by atoms with Crippen LogP contribution in [0.15, 0.2) is 0 Å². The second kappa shape index (κ2) is 4.08. The molecule has 2 N–H and O–H groups in total. The molecule has 1 aliphatic heterocycles. The molecule has 1 unspecified atom stereocenters. The van der Waals surface area contributed by atoms with Crippen molar-refractivity contribution in [2.75, 3.05) is 19.6 Å². The van der Waals surface area contributed by atoms with E-state index >= 15 is 0 Å². The summed E-state index contributed by atoms with van der Waals surface area (Å²) >= 11 is 0. The van der Waals surface area contributed by atoms with Crippen LogP contribution in [-0.2, 0) is 0 Å². The third-order valence-electron chi connectivity index (χ3n) is 2.45. The Labute approximate surface area is 80.5 Å². The fraction of sp³-hybridized carbons (Fsp3) is 0.900. The highest BCUT2D eigenvalue weighted by Gasteiger charge is 2.31. The highest BCUT2D eigenvalue weighted by Crippen LogP contribution is 2.18. The average molecular weight is 181 g/mol. The summed E-state index contributed by atoms with van der Waals surface area (Å²) in [6.07, 6.45) is 1.90. The summed E-state index contributed by atoms with van der Waals surface area (Å²) in [5, 5.41) is 8.90. The Balaban J connectivity index is 2.48. The molecule has 0 spiro atoms. The summed E-state index contributed by atoms with van der Waals surface area (Å²) in [6, 6.07) is 2.22. The number of piperidine rings is 1. The molecule has 0 aromatic rings. The van der Waals surface area contributed by atoms with Crippen LogP contribution in [0, 0.1) is 17.2 Å². The SMILES string of the molecule is CC(C)CN1CCCC(N)(C#N)C1. The van der Waals surface area contributed by atoms with Crippen molar-refractivity contribution in [2.45, 2.75) is 32.2 Å². The standard InChI is InChI=1S/C10H19N3/c1-9(2)6-13-5-3-4-10(12,7-11)8-13/h9H,3-6,8,12H2,1-2H3. The van der Waals surface area contributed by atoms with Gasteiger partial charge in [0.05, 0.1) is 6.07 Å². The third kappa shape index (κ3) is 2.98. The van der Waals surface area contributed by atoms with Gasteiger partial charge in [0.2, 0.25) is 0 Å². The summed E-state index contributed by atoms with van der Waals surface area (Å²) in [6.45, 7) is 7.28. The van der Waals surface area contributed by atoms with Crippen LogP contribution in [0.25, 0.3) is 0 Å². The summed E-state index contributed by atoms with van der Waals surface area (Å²) in [5.41, 5.74) is 5.33. The van der Waals surface area contributed by atoms with Gasteiger partial charge < -0.3 is 10.6 Å². The monoisotopic (exact) mass is 181 g/mol. The molecule has 0 aliphatic carbocycles. The number of nitrogens with two attached hydrogens (primary N) is 1. The molecule has 13 heavy (non-hydrogen) atoms. The van der Waals surface area contributed by atoms with Gasteiger partial charge in [0, 0.05) is 13.1 Å². The lowest BCUT2D eigenvalue weighted by Crippen LogP contribution is -2.53. The molecule has 0 amide bonds. The van der Waals surface area contributed by atoms with E-state index in [1.165, 1.54) is 0 Å². The number of likely N-dealkylation sites (tertiary alicyclic amines) is 1. The van der Waals surface area contributed by atoms with Crippen molar-refractivity contribution >= 4 is 0 Å². The second-order valence-corrected chi connectivity index (χ2v) is 4.50. The van der Waals surface area contributed by atoms with Crippen molar-refractivity contribution in [2.24, 2.45) is 11.7 Å². The zero-order valence-corrected chi connectivity index (χ0v) is 8.58. The van der Waals surface area contributed by atoms with E-state index in [2.05, 4.69) is 24.8 Å². The van der Waals surface area contributed by atoms with E-state index in [9.17, 15) is 0 Å². The Hall–Kier alpha value is -0.590. The maximum Gasteiger partial charge on any atom is 0.117 e. The van der Waals surface area contributed by atoms with Gasteiger partial charge in [-0.15, -0.1) is 0 Å². The van der Waals surface area contributed by atoms with Gasteiger partial charge in [0.1, 0.15) is 5.54 Å². The Morgan fingerprint density at radius 3 is 2.85 bits per heavy atom. The number of hydrogen-bond donors (Lipinski definition) is 1. The lowest BCUT2D eigenvalue weighted by Gasteiger charge is -2.36. The van der Waals surface area contributed by atoms with Crippen LogP contribution in [0.1, 0.15) is 26.7 Å². The first-order valence-electron chi connectivity index (χ1n) is 4.98. The van der Waals surface area contributed by atoms with Crippen molar-refractivity contribution in [3.05, 3.63) is 0 Å². The Kier molecular flexibility index (Phi) is 3.29. The molecular weight excluding hydrogens is 162 g/mol. The van der Waals surface area contributed by atoms with E-state index in [1.54, 1.807) is 0 Å². The molecule has 1 rings (SSSR count). The first kappa shape index (κ1) is 10.5. The number of nitrogens with zero attached hydrogens (tertiary/aromatic N) is 2. The normalized spacial score (nSPS) is 30.4. The largest absolute Gasteiger partial charge is 0.312 e. The fourth-order valence-electron chi connectivity index (χ4n) is 1.94. The molecule has 0 aromatic carbocycles. The maximum absolute atomic E-state index is 8.90. The van der Waals surface area contributed by atoms with Crippen LogP contribution in [-0.4, -0.2) is 30.1 Å². The minimum atomic E-state index is -0.590. The highest BCUT2D eigenvalue weighted by molar-refractivity contribution is 5.08. The van der Waals surface area contributed by atoms with Crippen molar-refractivity contribution < 1.29 is 0 Å². The van der Waals surface area contributed by atoms with Crippen molar-refractivity contribution in [3.8, 4) is 6.07 Å². The van der Waals surface area contributed by atoms with E-state index in [0.29, 0.717) is 5.92 Å². The molecule has 0 bridgehead atoms. The summed E-state index contributed by atoms with van der Waals surface area (Å²) < 4.78 is 0. The second-order valence-electron chi connectivity index (χ2n) is 4.50. The first-order valence-corrected chi connectivity index (χ1v) is 4.98. The lowest BCUT2D eigenvalue weighted by atomic mass is 9.91. The molecule has 0 radical (unpaired) electrons. The molecule has 1 atom stereocenters. The van der Waals surface area contributed by atoms with Crippen LogP contribution >= 0.6 is 0 Å². The summed E-state index contributed by atoms with van der Waals surface area (Å²) in [7, 11) is 0.